The number of amides is 1. The molecule has 1 unspecified atom stereocenters. The predicted octanol–water partition coefficient (Wildman–Crippen LogP) is 2.33. The van der Waals surface area contributed by atoms with E-state index in [1.165, 1.54) is 0 Å². The van der Waals surface area contributed by atoms with Crippen LogP contribution in [0.3, 0.4) is 0 Å². The number of aliphatic hydroxyl groups excluding tert-OH is 2. The lowest BCUT2D eigenvalue weighted by Gasteiger charge is -2.23. The Hall–Kier alpha value is -3.11. The van der Waals surface area contributed by atoms with Crippen molar-refractivity contribution in [3.63, 3.8) is 0 Å². The Labute approximate surface area is 202 Å². The number of benzene rings is 2. The van der Waals surface area contributed by atoms with Crippen LogP contribution >= 0.6 is 0 Å². The summed E-state index contributed by atoms with van der Waals surface area (Å²) < 4.78 is 11.9. The van der Waals surface area contributed by atoms with Crippen molar-refractivity contribution >= 4 is 22.5 Å². The van der Waals surface area contributed by atoms with Gasteiger partial charge < -0.3 is 29.6 Å². The quantitative estimate of drug-likeness (QED) is 0.341. The zero-order chi connectivity index (χ0) is 25.2. The number of aliphatic hydroxyl groups is 4. The van der Waals surface area contributed by atoms with E-state index < -0.39 is 17.7 Å². The first-order valence-electron chi connectivity index (χ1n) is 11.6. The van der Waals surface area contributed by atoms with Gasteiger partial charge in [0.2, 0.25) is 5.91 Å². The number of fused-ring (bicyclic) bond motifs is 2. The maximum absolute atomic E-state index is 13.3. The number of nitrogens with one attached hydrogen (secondary N) is 1. The molecule has 5 N–H and O–H groups in total. The predicted molar refractivity (Wildman–Crippen MR) is 128 cm³/mol. The van der Waals surface area contributed by atoms with Crippen LogP contribution in [-0.2, 0) is 22.2 Å². The molecule has 0 saturated heterocycles. The summed E-state index contributed by atoms with van der Waals surface area (Å²) in [5.41, 5.74) is 2.39. The second kappa shape index (κ2) is 7.96. The van der Waals surface area contributed by atoms with Crippen LogP contribution < -0.4 is 14.8 Å². The van der Waals surface area contributed by atoms with Crippen molar-refractivity contribution < 1.29 is 34.7 Å². The topological polar surface area (TPSA) is 133 Å². The Balaban J connectivity index is 1.42. The summed E-state index contributed by atoms with van der Waals surface area (Å²) in [6.45, 7) is 6.22. The molecule has 1 atom stereocenters. The van der Waals surface area contributed by atoms with Gasteiger partial charge in [-0.3, -0.25) is 15.0 Å². The number of carbonyl (C=O) groups excluding carboxylic acids is 1. The highest BCUT2D eigenvalue weighted by atomic mass is 17.0. The summed E-state index contributed by atoms with van der Waals surface area (Å²) in [6, 6.07) is 12.6. The van der Waals surface area contributed by atoms with Crippen molar-refractivity contribution in [2.45, 2.75) is 63.3 Å². The first-order valence-corrected chi connectivity index (χ1v) is 11.6. The van der Waals surface area contributed by atoms with E-state index in [2.05, 4.69) is 32.2 Å². The standard InChI is InChI=1S/C26H30N2O7/c1-24(2,3)22-11-15-10-17(5-6-19(15)28(22)13-18(30)14-29)27-23(31)25(8-9-25)16-4-7-20-21(12-16)35-26(32,33)34-20/h4-7,10-12,18,29-30,32-33H,8-9,13-14H2,1-3H3,(H,27,31). The third-order valence-electron chi connectivity index (χ3n) is 6.70. The normalized spacial score (nSPS) is 18.5. The molecule has 186 valence electrons. The highest BCUT2D eigenvalue weighted by molar-refractivity contribution is 6.02. The lowest BCUT2D eigenvalue weighted by Crippen LogP contribution is -2.37. The molecule has 2 aliphatic rings. The van der Waals surface area contributed by atoms with E-state index in [0.29, 0.717) is 18.5 Å². The average Bonchev–Trinajstić information content (AvgIpc) is 3.42. The number of ether oxygens (including phenoxy) is 2. The Kier molecular flexibility index (Phi) is 5.37. The molecule has 1 aromatic heterocycles. The van der Waals surface area contributed by atoms with E-state index in [1.807, 2.05) is 22.8 Å². The molecule has 5 rings (SSSR count). The average molecular weight is 483 g/mol. The summed E-state index contributed by atoms with van der Waals surface area (Å²) in [7, 11) is 0. The van der Waals surface area contributed by atoms with E-state index >= 15 is 0 Å². The maximum Gasteiger partial charge on any atom is 0.505 e. The molecule has 9 nitrogen and oxygen atoms in total. The number of anilines is 1. The van der Waals surface area contributed by atoms with Crippen LogP contribution in [0.4, 0.5) is 5.69 Å². The molecule has 1 aliphatic carbocycles. The minimum Gasteiger partial charge on any atom is -0.403 e. The number of rotatable bonds is 6. The van der Waals surface area contributed by atoms with E-state index in [1.54, 1.807) is 18.2 Å². The molecular weight excluding hydrogens is 452 g/mol. The lowest BCUT2D eigenvalue weighted by atomic mass is 9.92. The minimum atomic E-state index is -2.70. The van der Waals surface area contributed by atoms with Crippen molar-refractivity contribution in [3.05, 3.63) is 53.7 Å². The molecule has 2 heterocycles. The molecule has 1 fully saturated rings. The van der Waals surface area contributed by atoms with Gasteiger partial charge in [0, 0.05) is 27.7 Å². The fourth-order valence-electron chi connectivity index (χ4n) is 4.73. The van der Waals surface area contributed by atoms with Crippen LogP contribution in [0.1, 0.15) is 44.9 Å². The fourth-order valence-corrected chi connectivity index (χ4v) is 4.73. The van der Waals surface area contributed by atoms with Gasteiger partial charge in [0.05, 0.1) is 24.7 Å². The summed E-state index contributed by atoms with van der Waals surface area (Å²) in [5.74, 6) is 0.223. The third kappa shape index (κ3) is 4.25. The highest BCUT2D eigenvalue weighted by Gasteiger charge is 2.52. The largest absolute Gasteiger partial charge is 0.505 e. The van der Waals surface area contributed by atoms with E-state index in [9.17, 15) is 25.2 Å². The Morgan fingerprint density at radius 2 is 1.80 bits per heavy atom. The number of nitrogens with zero attached hydrogens (tertiary/aromatic N) is 1. The zero-order valence-corrected chi connectivity index (χ0v) is 19.9. The van der Waals surface area contributed by atoms with Crippen molar-refractivity contribution in [2.75, 3.05) is 11.9 Å². The first-order chi connectivity index (χ1) is 16.4. The van der Waals surface area contributed by atoms with Gasteiger partial charge in [-0.2, -0.15) is 0 Å². The number of aromatic nitrogens is 1. The molecule has 0 radical (unpaired) electrons. The molecular formula is C26H30N2O7. The first kappa shape index (κ1) is 23.6. The van der Waals surface area contributed by atoms with Gasteiger partial charge in [0.1, 0.15) is 0 Å². The molecule has 1 amide bonds. The molecule has 1 aliphatic heterocycles. The van der Waals surface area contributed by atoms with Gasteiger partial charge >= 0.3 is 6.16 Å². The van der Waals surface area contributed by atoms with Crippen LogP contribution in [0.15, 0.2) is 42.5 Å². The van der Waals surface area contributed by atoms with Crippen LogP contribution in [0.5, 0.6) is 11.5 Å². The Bertz CT molecular complexity index is 1300. The fraction of sp³-hybridized carbons (Fsp3) is 0.423. The SMILES string of the molecule is CC(C)(C)c1cc2cc(NC(=O)C3(c4ccc5c(c4)OC(O)(O)O5)CC3)ccc2n1CC(O)CO. The lowest BCUT2D eigenvalue weighted by molar-refractivity contribution is -0.385. The number of carbonyl (C=O) groups is 1. The van der Waals surface area contributed by atoms with Crippen molar-refractivity contribution in [1.29, 1.82) is 0 Å². The van der Waals surface area contributed by atoms with Gasteiger partial charge in [-0.1, -0.05) is 26.8 Å². The number of hydrogen-bond donors (Lipinski definition) is 5. The maximum atomic E-state index is 13.3. The third-order valence-corrected chi connectivity index (χ3v) is 6.70. The Morgan fingerprint density at radius 1 is 1.09 bits per heavy atom. The van der Waals surface area contributed by atoms with E-state index in [0.717, 1.165) is 22.2 Å². The molecule has 0 bridgehead atoms. The summed E-state index contributed by atoms with van der Waals surface area (Å²) in [5, 5.41) is 42.5. The molecule has 2 aromatic carbocycles. The van der Waals surface area contributed by atoms with Crippen molar-refractivity contribution in [2.24, 2.45) is 0 Å². The summed E-state index contributed by atoms with van der Waals surface area (Å²) in [4.78, 5) is 13.3. The summed E-state index contributed by atoms with van der Waals surface area (Å²) in [6.07, 6.45) is -2.25. The molecule has 35 heavy (non-hydrogen) atoms. The molecule has 0 spiro atoms. The van der Waals surface area contributed by atoms with Crippen LogP contribution in [-0.4, -0.2) is 49.8 Å². The van der Waals surface area contributed by atoms with Gasteiger partial charge in [0.25, 0.3) is 0 Å². The second-order valence-corrected chi connectivity index (χ2v) is 10.5. The monoisotopic (exact) mass is 482 g/mol. The van der Waals surface area contributed by atoms with Crippen LogP contribution in [0.25, 0.3) is 10.9 Å². The van der Waals surface area contributed by atoms with Crippen molar-refractivity contribution in [3.8, 4) is 11.5 Å². The second-order valence-electron chi connectivity index (χ2n) is 10.5. The van der Waals surface area contributed by atoms with Crippen molar-refractivity contribution in [1.82, 2.24) is 4.57 Å². The van der Waals surface area contributed by atoms with Crippen LogP contribution in [0, 0.1) is 0 Å². The van der Waals surface area contributed by atoms with Gasteiger partial charge in [-0.05, 0) is 54.8 Å². The van der Waals surface area contributed by atoms with Gasteiger partial charge in [-0.15, -0.1) is 0 Å². The molecule has 1 saturated carbocycles. The summed E-state index contributed by atoms with van der Waals surface area (Å²) >= 11 is 0. The number of hydrogen-bond acceptors (Lipinski definition) is 7. The Morgan fingerprint density at radius 3 is 2.46 bits per heavy atom. The molecule has 3 aromatic rings. The smallest absolute Gasteiger partial charge is 0.403 e. The minimum absolute atomic E-state index is 0.152. The van der Waals surface area contributed by atoms with Crippen LogP contribution in [0.2, 0.25) is 0 Å². The zero-order valence-electron chi connectivity index (χ0n) is 19.9. The van der Waals surface area contributed by atoms with E-state index in [-0.39, 0.29) is 36.0 Å². The van der Waals surface area contributed by atoms with E-state index in [4.69, 9.17) is 9.47 Å². The van der Waals surface area contributed by atoms with Gasteiger partial charge in [0.15, 0.2) is 11.5 Å². The highest BCUT2D eigenvalue weighted by Crippen LogP contribution is 2.51. The van der Waals surface area contributed by atoms with Gasteiger partial charge in [-0.25, -0.2) is 0 Å². The molecule has 9 heteroatoms.